The van der Waals surface area contributed by atoms with Crippen molar-refractivity contribution in [1.82, 2.24) is 0 Å². The Balaban J connectivity index is 2.49. The van der Waals surface area contributed by atoms with Crippen LogP contribution >= 0.6 is 23.2 Å². The number of ketones is 1. The molecule has 0 heterocycles. The van der Waals surface area contributed by atoms with Crippen LogP contribution in [0.3, 0.4) is 0 Å². The monoisotopic (exact) mass is 312 g/mol. The van der Waals surface area contributed by atoms with E-state index in [2.05, 4.69) is 6.58 Å². The second-order valence-corrected chi connectivity index (χ2v) is 5.63. The van der Waals surface area contributed by atoms with Gasteiger partial charge in [0.2, 0.25) is 0 Å². The van der Waals surface area contributed by atoms with Gasteiger partial charge in [0, 0.05) is 5.56 Å². The number of benzene rings is 1. The number of hydrogen-bond acceptors (Lipinski definition) is 3. The minimum Gasteiger partial charge on any atom is -0.468 e. The number of hydrogen-bond donors (Lipinski definition) is 0. The highest BCUT2D eigenvalue weighted by Crippen LogP contribution is 2.45. The third kappa shape index (κ3) is 2.25. The number of methoxy groups -OCH3 is 1. The second kappa shape index (κ2) is 5.58. The molecule has 0 unspecified atom stereocenters. The van der Waals surface area contributed by atoms with Gasteiger partial charge in [0.05, 0.1) is 17.2 Å². The van der Waals surface area contributed by atoms with Crippen LogP contribution in [0, 0.1) is 5.41 Å². The summed E-state index contributed by atoms with van der Waals surface area (Å²) in [7, 11) is 1.28. The lowest BCUT2D eigenvalue weighted by atomic mass is 9.76. The largest absolute Gasteiger partial charge is 0.468 e. The van der Waals surface area contributed by atoms with Crippen molar-refractivity contribution in [2.24, 2.45) is 5.41 Å². The summed E-state index contributed by atoms with van der Waals surface area (Å²) >= 11 is 11.8. The molecule has 0 saturated heterocycles. The van der Waals surface area contributed by atoms with Crippen LogP contribution in [0.2, 0.25) is 10.0 Å². The van der Waals surface area contributed by atoms with Crippen LogP contribution in [0.25, 0.3) is 0 Å². The van der Waals surface area contributed by atoms with Crippen molar-refractivity contribution >= 4 is 35.0 Å². The van der Waals surface area contributed by atoms with E-state index in [1.54, 1.807) is 12.1 Å². The standard InChI is InChI=1S/C15H14Cl2O3/c1-9-4-3-7-15(9,14(19)20-2)13(18)10-5-6-11(16)12(17)8-10/h5-6,8H,1,3-4,7H2,2H3/t15-/m1/s1. The van der Waals surface area contributed by atoms with Crippen LogP contribution in [0.15, 0.2) is 30.4 Å². The first-order valence-electron chi connectivity index (χ1n) is 6.20. The highest BCUT2D eigenvalue weighted by Gasteiger charge is 2.51. The lowest BCUT2D eigenvalue weighted by molar-refractivity contribution is -0.147. The fraction of sp³-hybridized carbons (Fsp3) is 0.333. The predicted molar refractivity (Wildman–Crippen MR) is 78.2 cm³/mol. The molecule has 0 N–H and O–H groups in total. The summed E-state index contributed by atoms with van der Waals surface area (Å²) in [6.45, 7) is 3.88. The zero-order valence-corrected chi connectivity index (χ0v) is 12.6. The first-order chi connectivity index (χ1) is 9.43. The van der Waals surface area contributed by atoms with Crippen molar-refractivity contribution in [2.75, 3.05) is 7.11 Å². The van der Waals surface area contributed by atoms with Gasteiger partial charge in [-0.25, -0.2) is 0 Å². The Bertz CT molecular complexity index is 595. The van der Waals surface area contributed by atoms with Gasteiger partial charge in [-0.2, -0.15) is 0 Å². The van der Waals surface area contributed by atoms with E-state index >= 15 is 0 Å². The summed E-state index contributed by atoms with van der Waals surface area (Å²) in [5.41, 5.74) is -0.348. The normalized spacial score (nSPS) is 21.9. The van der Waals surface area contributed by atoms with Crippen molar-refractivity contribution in [3.63, 3.8) is 0 Å². The molecule has 0 bridgehead atoms. The zero-order chi connectivity index (χ0) is 14.9. The molecule has 1 aliphatic carbocycles. The maximum atomic E-state index is 12.8. The fourth-order valence-electron chi connectivity index (χ4n) is 2.63. The molecule has 3 nitrogen and oxygen atoms in total. The molecule has 0 aromatic heterocycles. The van der Waals surface area contributed by atoms with E-state index < -0.39 is 11.4 Å². The van der Waals surface area contributed by atoms with E-state index in [9.17, 15) is 9.59 Å². The van der Waals surface area contributed by atoms with Crippen LogP contribution < -0.4 is 0 Å². The fourth-order valence-corrected chi connectivity index (χ4v) is 2.93. The van der Waals surface area contributed by atoms with Crippen molar-refractivity contribution in [3.05, 3.63) is 46.0 Å². The molecule has 0 radical (unpaired) electrons. The molecule has 1 saturated carbocycles. The van der Waals surface area contributed by atoms with Crippen LogP contribution in [-0.4, -0.2) is 18.9 Å². The molecular formula is C15H14Cl2O3. The Kier molecular flexibility index (Phi) is 4.21. The summed E-state index contributed by atoms with van der Waals surface area (Å²) in [5, 5.41) is 0.640. The number of ether oxygens (including phenoxy) is 1. The van der Waals surface area contributed by atoms with E-state index in [1.165, 1.54) is 13.2 Å². The summed E-state index contributed by atoms with van der Waals surface area (Å²) in [6.07, 6.45) is 1.79. The van der Waals surface area contributed by atoms with Gasteiger partial charge >= 0.3 is 5.97 Å². The Morgan fingerprint density at radius 1 is 1.30 bits per heavy atom. The van der Waals surface area contributed by atoms with Crippen molar-refractivity contribution < 1.29 is 14.3 Å². The third-order valence-electron chi connectivity index (χ3n) is 3.74. The zero-order valence-electron chi connectivity index (χ0n) is 11.0. The van der Waals surface area contributed by atoms with E-state index in [4.69, 9.17) is 27.9 Å². The van der Waals surface area contributed by atoms with Gasteiger partial charge in [0.1, 0.15) is 0 Å². The smallest absolute Gasteiger partial charge is 0.323 e. The number of Topliss-reactive ketones (excluding diaryl/α,β-unsaturated/α-hetero) is 1. The van der Waals surface area contributed by atoms with Gasteiger partial charge < -0.3 is 4.74 Å². The van der Waals surface area contributed by atoms with Gasteiger partial charge in [-0.05, 0) is 37.5 Å². The molecule has 0 amide bonds. The van der Waals surface area contributed by atoms with Crippen molar-refractivity contribution in [2.45, 2.75) is 19.3 Å². The summed E-state index contributed by atoms with van der Waals surface area (Å²) in [4.78, 5) is 24.9. The molecule has 2 rings (SSSR count). The first-order valence-corrected chi connectivity index (χ1v) is 6.95. The highest BCUT2D eigenvalue weighted by molar-refractivity contribution is 6.42. The van der Waals surface area contributed by atoms with Gasteiger partial charge in [0.15, 0.2) is 11.2 Å². The van der Waals surface area contributed by atoms with Gasteiger partial charge in [-0.1, -0.05) is 35.4 Å². The lowest BCUT2D eigenvalue weighted by Crippen LogP contribution is -2.39. The summed E-state index contributed by atoms with van der Waals surface area (Å²) in [5.74, 6) is -0.888. The van der Waals surface area contributed by atoms with E-state index in [0.29, 0.717) is 29.0 Å². The first kappa shape index (κ1) is 15.1. The molecular weight excluding hydrogens is 299 g/mol. The molecule has 5 heteroatoms. The van der Waals surface area contributed by atoms with Gasteiger partial charge in [-0.15, -0.1) is 0 Å². The lowest BCUT2D eigenvalue weighted by Gasteiger charge is -2.26. The Morgan fingerprint density at radius 3 is 2.50 bits per heavy atom. The van der Waals surface area contributed by atoms with Crippen LogP contribution in [0.4, 0.5) is 0 Å². The second-order valence-electron chi connectivity index (χ2n) is 4.81. The summed E-state index contributed by atoms with van der Waals surface area (Å²) < 4.78 is 4.82. The minimum atomic E-state index is -1.29. The predicted octanol–water partition coefficient (Wildman–Crippen LogP) is 4.08. The van der Waals surface area contributed by atoms with E-state index in [0.717, 1.165) is 6.42 Å². The number of esters is 1. The molecule has 1 atom stereocenters. The molecule has 1 fully saturated rings. The third-order valence-corrected chi connectivity index (χ3v) is 4.48. The average Bonchev–Trinajstić information content (AvgIpc) is 2.83. The Hall–Kier alpha value is -1.32. The Morgan fingerprint density at radius 2 is 2.00 bits per heavy atom. The number of rotatable bonds is 3. The maximum absolute atomic E-state index is 12.8. The SMILES string of the molecule is C=C1CCC[C@]1(C(=O)OC)C(=O)c1ccc(Cl)c(Cl)c1. The molecule has 1 aliphatic rings. The quantitative estimate of drug-likeness (QED) is 0.365. The minimum absolute atomic E-state index is 0.279. The highest BCUT2D eigenvalue weighted by atomic mass is 35.5. The average molecular weight is 313 g/mol. The maximum Gasteiger partial charge on any atom is 0.323 e. The number of halogens is 2. The Labute approximate surface area is 127 Å². The molecule has 0 aliphatic heterocycles. The van der Waals surface area contributed by atoms with E-state index in [-0.39, 0.29) is 10.8 Å². The molecule has 106 valence electrons. The van der Waals surface area contributed by atoms with Crippen LogP contribution in [0.5, 0.6) is 0 Å². The van der Waals surface area contributed by atoms with Crippen LogP contribution in [-0.2, 0) is 9.53 Å². The number of carbonyl (C=O) groups excluding carboxylic acids is 2. The number of carbonyl (C=O) groups is 2. The topological polar surface area (TPSA) is 43.4 Å². The van der Waals surface area contributed by atoms with Gasteiger partial charge in [-0.3, -0.25) is 9.59 Å². The summed E-state index contributed by atoms with van der Waals surface area (Å²) in [6, 6.07) is 4.58. The molecule has 0 spiro atoms. The molecule has 1 aromatic rings. The van der Waals surface area contributed by atoms with Gasteiger partial charge in [0.25, 0.3) is 0 Å². The van der Waals surface area contributed by atoms with E-state index in [1.807, 2.05) is 0 Å². The van der Waals surface area contributed by atoms with Crippen molar-refractivity contribution in [1.29, 1.82) is 0 Å². The van der Waals surface area contributed by atoms with Crippen molar-refractivity contribution in [3.8, 4) is 0 Å². The van der Waals surface area contributed by atoms with Crippen LogP contribution in [0.1, 0.15) is 29.6 Å². The molecule has 20 heavy (non-hydrogen) atoms. The molecule has 1 aromatic carbocycles.